The highest BCUT2D eigenvalue weighted by atomic mass is 16.5. The summed E-state index contributed by atoms with van der Waals surface area (Å²) >= 11 is 0. The first-order valence-electron chi connectivity index (χ1n) is 5.33. The molecule has 3 heteroatoms. The van der Waals surface area contributed by atoms with Crippen molar-refractivity contribution in [2.75, 3.05) is 20.3 Å². The average Bonchev–Trinajstić information content (AvgIpc) is 2.77. The van der Waals surface area contributed by atoms with Crippen LogP contribution < -0.4 is 10.1 Å². The zero-order chi connectivity index (χ0) is 10.7. The van der Waals surface area contributed by atoms with Crippen molar-refractivity contribution in [3.8, 4) is 5.75 Å². The highest BCUT2D eigenvalue weighted by molar-refractivity contribution is 5.31. The molecule has 1 aromatic rings. The molecule has 0 aliphatic carbocycles. The van der Waals surface area contributed by atoms with Gasteiger partial charge in [-0.2, -0.15) is 0 Å². The molecule has 0 aromatic heterocycles. The standard InChI is InChI=1S/C12H17NO2/c1-15-11-4-2-3-9(7-11)12-10(8-14)5-6-13-12/h2-4,7,10,12-14H,5-6,8H2,1H3. The monoisotopic (exact) mass is 207 g/mol. The van der Waals surface area contributed by atoms with E-state index >= 15 is 0 Å². The Hall–Kier alpha value is -1.06. The van der Waals surface area contributed by atoms with E-state index in [9.17, 15) is 5.11 Å². The fourth-order valence-corrected chi connectivity index (χ4v) is 2.18. The van der Waals surface area contributed by atoms with Gasteiger partial charge in [0.2, 0.25) is 0 Å². The Kier molecular flexibility index (Phi) is 3.23. The predicted octanol–water partition coefficient (Wildman–Crippen LogP) is 1.34. The lowest BCUT2D eigenvalue weighted by Gasteiger charge is -2.18. The summed E-state index contributed by atoms with van der Waals surface area (Å²) in [6.45, 7) is 1.22. The molecule has 0 spiro atoms. The molecule has 0 radical (unpaired) electrons. The Morgan fingerprint density at radius 3 is 3.13 bits per heavy atom. The average molecular weight is 207 g/mol. The molecular weight excluding hydrogens is 190 g/mol. The Morgan fingerprint density at radius 1 is 1.53 bits per heavy atom. The molecular formula is C12H17NO2. The van der Waals surface area contributed by atoms with Crippen molar-refractivity contribution in [2.24, 2.45) is 5.92 Å². The largest absolute Gasteiger partial charge is 0.497 e. The fraction of sp³-hybridized carbons (Fsp3) is 0.500. The summed E-state index contributed by atoms with van der Waals surface area (Å²) in [5, 5.41) is 12.7. The molecule has 0 saturated carbocycles. The third-order valence-corrected chi connectivity index (χ3v) is 3.04. The lowest BCUT2D eigenvalue weighted by Crippen LogP contribution is -2.19. The second-order valence-electron chi connectivity index (χ2n) is 3.94. The number of aliphatic hydroxyl groups is 1. The molecule has 2 N–H and O–H groups in total. The van der Waals surface area contributed by atoms with Crippen molar-refractivity contribution in [3.05, 3.63) is 29.8 Å². The molecule has 2 rings (SSSR count). The van der Waals surface area contributed by atoms with Crippen LogP contribution in [0.15, 0.2) is 24.3 Å². The lowest BCUT2D eigenvalue weighted by molar-refractivity contribution is 0.214. The summed E-state index contributed by atoms with van der Waals surface area (Å²) in [7, 11) is 1.67. The van der Waals surface area contributed by atoms with Crippen molar-refractivity contribution in [1.82, 2.24) is 5.32 Å². The predicted molar refractivity (Wildman–Crippen MR) is 58.9 cm³/mol. The van der Waals surface area contributed by atoms with Gasteiger partial charge < -0.3 is 15.2 Å². The minimum Gasteiger partial charge on any atom is -0.497 e. The molecule has 1 aliphatic rings. The molecule has 0 bridgehead atoms. The van der Waals surface area contributed by atoms with E-state index in [0.717, 1.165) is 18.7 Å². The van der Waals surface area contributed by atoms with E-state index in [1.165, 1.54) is 5.56 Å². The van der Waals surface area contributed by atoms with Crippen molar-refractivity contribution >= 4 is 0 Å². The summed E-state index contributed by atoms with van der Waals surface area (Å²) in [4.78, 5) is 0. The van der Waals surface area contributed by atoms with Crippen LogP contribution >= 0.6 is 0 Å². The smallest absolute Gasteiger partial charge is 0.119 e. The number of methoxy groups -OCH3 is 1. The minimum atomic E-state index is 0.245. The summed E-state index contributed by atoms with van der Waals surface area (Å²) in [6, 6.07) is 8.31. The number of benzene rings is 1. The SMILES string of the molecule is COc1cccc(C2NCCC2CO)c1. The van der Waals surface area contributed by atoms with Gasteiger partial charge in [-0.1, -0.05) is 12.1 Å². The Morgan fingerprint density at radius 2 is 2.40 bits per heavy atom. The zero-order valence-corrected chi connectivity index (χ0v) is 8.94. The van der Waals surface area contributed by atoms with Crippen LogP contribution in [0.1, 0.15) is 18.0 Å². The number of aliphatic hydroxyl groups excluding tert-OH is 1. The van der Waals surface area contributed by atoms with E-state index in [1.807, 2.05) is 18.2 Å². The van der Waals surface area contributed by atoms with Gasteiger partial charge in [0.1, 0.15) is 5.75 Å². The van der Waals surface area contributed by atoms with Crippen LogP contribution in [0.4, 0.5) is 0 Å². The van der Waals surface area contributed by atoms with Gasteiger partial charge in [-0.15, -0.1) is 0 Å². The van der Waals surface area contributed by atoms with Crippen molar-refractivity contribution in [3.63, 3.8) is 0 Å². The summed E-state index contributed by atoms with van der Waals surface area (Å²) in [6.07, 6.45) is 1.04. The first-order valence-corrected chi connectivity index (χ1v) is 5.33. The molecule has 82 valence electrons. The number of nitrogens with one attached hydrogen (secondary N) is 1. The quantitative estimate of drug-likeness (QED) is 0.786. The molecule has 15 heavy (non-hydrogen) atoms. The maximum atomic E-state index is 9.25. The number of hydrogen-bond donors (Lipinski definition) is 2. The Bertz CT molecular complexity index is 327. The fourth-order valence-electron chi connectivity index (χ4n) is 2.18. The number of hydrogen-bond acceptors (Lipinski definition) is 3. The Balaban J connectivity index is 2.20. The Labute approximate surface area is 90.1 Å². The van der Waals surface area contributed by atoms with Crippen LogP contribution in [0.3, 0.4) is 0 Å². The summed E-state index contributed by atoms with van der Waals surface area (Å²) in [5.74, 6) is 1.20. The molecule has 1 aromatic carbocycles. The van der Waals surface area contributed by atoms with Gasteiger partial charge in [-0.3, -0.25) is 0 Å². The van der Waals surface area contributed by atoms with Crippen molar-refractivity contribution in [2.45, 2.75) is 12.5 Å². The van der Waals surface area contributed by atoms with Gasteiger partial charge in [-0.05, 0) is 30.7 Å². The van der Waals surface area contributed by atoms with E-state index in [2.05, 4.69) is 11.4 Å². The molecule has 1 fully saturated rings. The second-order valence-corrected chi connectivity index (χ2v) is 3.94. The first kappa shape index (κ1) is 10.5. The van der Waals surface area contributed by atoms with E-state index in [-0.39, 0.29) is 12.6 Å². The zero-order valence-electron chi connectivity index (χ0n) is 8.94. The van der Waals surface area contributed by atoms with E-state index in [0.29, 0.717) is 5.92 Å². The molecule has 2 unspecified atom stereocenters. The maximum Gasteiger partial charge on any atom is 0.119 e. The van der Waals surface area contributed by atoms with E-state index in [1.54, 1.807) is 7.11 Å². The second kappa shape index (κ2) is 4.64. The molecule has 1 aliphatic heterocycles. The van der Waals surface area contributed by atoms with Gasteiger partial charge in [0.25, 0.3) is 0 Å². The topological polar surface area (TPSA) is 41.5 Å². The summed E-state index contributed by atoms with van der Waals surface area (Å²) in [5.41, 5.74) is 1.20. The molecule has 0 amide bonds. The normalized spacial score (nSPS) is 25.5. The molecule has 1 heterocycles. The first-order chi connectivity index (χ1) is 7.35. The third-order valence-electron chi connectivity index (χ3n) is 3.04. The molecule has 2 atom stereocenters. The van der Waals surface area contributed by atoms with Gasteiger partial charge in [0.15, 0.2) is 0 Å². The summed E-state index contributed by atoms with van der Waals surface area (Å²) < 4.78 is 5.19. The van der Waals surface area contributed by atoms with Gasteiger partial charge in [-0.25, -0.2) is 0 Å². The highest BCUT2D eigenvalue weighted by Crippen LogP contribution is 2.30. The van der Waals surface area contributed by atoms with Crippen LogP contribution in [0.25, 0.3) is 0 Å². The van der Waals surface area contributed by atoms with Gasteiger partial charge >= 0.3 is 0 Å². The maximum absolute atomic E-state index is 9.25. The van der Waals surface area contributed by atoms with Crippen LogP contribution in [-0.2, 0) is 0 Å². The van der Waals surface area contributed by atoms with Crippen LogP contribution in [-0.4, -0.2) is 25.4 Å². The minimum absolute atomic E-state index is 0.245. The number of rotatable bonds is 3. The van der Waals surface area contributed by atoms with Crippen LogP contribution in [0.5, 0.6) is 5.75 Å². The highest BCUT2D eigenvalue weighted by Gasteiger charge is 2.27. The van der Waals surface area contributed by atoms with Crippen LogP contribution in [0, 0.1) is 5.92 Å². The lowest BCUT2D eigenvalue weighted by atomic mass is 9.95. The van der Waals surface area contributed by atoms with E-state index < -0.39 is 0 Å². The van der Waals surface area contributed by atoms with Crippen molar-refractivity contribution in [1.29, 1.82) is 0 Å². The molecule has 3 nitrogen and oxygen atoms in total. The van der Waals surface area contributed by atoms with Gasteiger partial charge in [0.05, 0.1) is 7.11 Å². The number of ether oxygens (including phenoxy) is 1. The van der Waals surface area contributed by atoms with Crippen LogP contribution in [0.2, 0.25) is 0 Å². The molecule has 1 saturated heterocycles. The van der Waals surface area contributed by atoms with E-state index in [4.69, 9.17) is 4.74 Å². The van der Waals surface area contributed by atoms with Crippen molar-refractivity contribution < 1.29 is 9.84 Å². The van der Waals surface area contributed by atoms with Gasteiger partial charge in [0, 0.05) is 18.6 Å². The third kappa shape index (κ3) is 2.13.